The third-order valence-electron chi connectivity index (χ3n) is 6.18. The molecule has 2 aliphatic rings. The normalized spacial score (nSPS) is 17.5. The number of hydrogen-bond donors (Lipinski definition) is 2. The van der Waals surface area contributed by atoms with E-state index in [-0.39, 0.29) is 29.7 Å². The molecule has 6 nitrogen and oxygen atoms in total. The molecular formula is C25H28FN3O3. The van der Waals surface area contributed by atoms with Gasteiger partial charge in [0.2, 0.25) is 5.91 Å². The van der Waals surface area contributed by atoms with Crippen LogP contribution in [-0.2, 0) is 4.79 Å². The lowest BCUT2D eigenvalue weighted by Gasteiger charge is -2.36. The monoisotopic (exact) mass is 437 g/mol. The lowest BCUT2D eigenvalue weighted by atomic mass is 9.88. The van der Waals surface area contributed by atoms with Crippen LogP contribution in [0.25, 0.3) is 0 Å². The highest BCUT2D eigenvalue weighted by Gasteiger charge is 2.36. The first-order valence-electron chi connectivity index (χ1n) is 11.1. The van der Waals surface area contributed by atoms with Crippen molar-refractivity contribution >= 4 is 17.7 Å². The highest BCUT2D eigenvalue weighted by molar-refractivity contribution is 5.98. The van der Waals surface area contributed by atoms with E-state index in [4.69, 9.17) is 0 Å². The molecule has 3 amide bonds. The Hall–Kier alpha value is -3.22. The fraction of sp³-hybridized carbons (Fsp3) is 0.400. The number of carbonyl (C=O) groups excluding carboxylic acids is 3. The van der Waals surface area contributed by atoms with Crippen molar-refractivity contribution in [2.75, 3.05) is 13.1 Å². The van der Waals surface area contributed by atoms with Crippen LogP contribution in [0.1, 0.15) is 52.0 Å². The van der Waals surface area contributed by atoms with Gasteiger partial charge in [0.1, 0.15) is 11.9 Å². The van der Waals surface area contributed by atoms with Crippen LogP contribution >= 0.6 is 0 Å². The van der Waals surface area contributed by atoms with Crippen molar-refractivity contribution in [1.29, 1.82) is 0 Å². The number of carbonyl (C=O) groups is 3. The minimum atomic E-state index is -0.657. The van der Waals surface area contributed by atoms with Gasteiger partial charge in [0.25, 0.3) is 11.8 Å². The van der Waals surface area contributed by atoms with Crippen molar-refractivity contribution in [3.8, 4) is 0 Å². The average Bonchev–Trinajstić information content (AvgIpc) is 3.61. The van der Waals surface area contributed by atoms with Crippen LogP contribution in [0.2, 0.25) is 0 Å². The minimum Gasteiger partial charge on any atom is -0.352 e. The number of piperidine rings is 1. The first-order chi connectivity index (χ1) is 15.4. The zero-order valence-electron chi connectivity index (χ0n) is 18.1. The molecule has 2 aromatic carbocycles. The number of benzene rings is 2. The Balaban J connectivity index is 1.42. The second-order valence-electron chi connectivity index (χ2n) is 8.74. The molecule has 32 heavy (non-hydrogen) atoms. The first-order valence-corrected chi connectivity index (χ1v) is 11.1. The number of nitrogens with one attached hydrogen (secondary N) is 2. The zero-order valence-corrected chi connectivity index (χ0v) is 18.1. The molecule has 2 aromatic rings. The summed E-state index contributed by atoms with van der Waals surface area (Å²) in [5.41, 5.74) is 1.89. The Morgan fingerprint density at radius 1 is 0.969 bits per heavy atom. The summed E-state index contributed by atoms with van der Waals surface area (Å²) in [6.07, 6.45) is 3.09. The first kappa shape index (κ1) is 22.0. The van der Waals surface area contributed by atoms with E-state index in [0.29, 0.717) is 37.1 Å². The summed E-state index contributed by atoms with van der Waals surface area (Å²) in [6, 6.07) is 12.4. The van der Waals surface area contributed by atoms with E-state index in [9.17, 15) is 18.8 Å². The second-order valence-corrected chi connectivity index (χ2v) is 8.74. The summed E-state index contributed by atoms with van der Waals surface area (Å²) in [7, 11) is 0. The third kappa shape index (κ3) is 5.33. The number of amides is 3. The summed E-state index contributed by atoms with van der Waals surface area (Å²) < 4.78 is 13.5. The molecule has 1 aliphatic carbocycles. The van der Waals surface area contributed by atoms with E-state index in [2.05, 4.69) is 10.6 Å². The number of hydrogen-bond acceptors (Lipinski definition) is 3. The summed E-state index contributed by atoms with van der Waals surface area (Å²) in [5.74, 6) is -1.19. The highest BCUT2D eigenvalue weighted by Crippen LogP contribution is 2.25. The van der Waals surface area contributed by atoms with Gasteiger partial charge in [-0.15, -0.1) is 0 Å². The molecule has 0 aromatic heterocycles. The van der Waals surface area contributed by atoms with E-state index in [0.717, 1.165) is 18.4 Å². The van der Waals surface area contributed by atoms with Gasteiger partial charge in [-0.3, -0.25) is 14.4 Å². The van der Waals surface area contributed by atoms with E-state index >= 15 is 0 Å². The fourth-order valence-electron chi connectivity index (χ4n) is 4.09. The maximum Gasteiger partial charge on any atom is 0.253 e. The molecule has 168 valence electrons. The Kier molecular flexibility index (Phi) is 6.53. The van der Waals surface area contributed by atoms with Gasteiger partial charge in [-0.25, -0.2) is 4.39 Å². The van der Waals surface area contributed by atoms with E-state index in [1.807, 2.05) is 19.1 Å². The van der Waals surface area contributed by atoms with Crippen molar-refractivity contribution in [1.82, 2.24) is 15.5 Å². The third-order valence-corrected chi connectivity index (χ3v) is 6.18. The topological polar surface area (TPSA) is 78.5 Å². The molecule has 1 aliphatic heterocycles. The molecule has 4 rings (SSSR count). The molecule has 0 spiro atoms. The van der Waals surface area contributed by atoms with Crippen molar-refractivity contribution in [3.63, 3.8) is 0 Å². The Morgan fingerprint density at radius 3 is 2.28 bits per heavy atom. The van der Waals surface area contributed by atoms with Crippen LogP contribution in [0.15, 0.2) is 48.5 Å². The van der Waals surface area contributed by atoms with Crippen LogP contribution in [-0.4, -0.2) is 47.8 Å². The molecule has 7 heteroatoms. The van der Waals surface area contributed by atoms with Crippen LogP contribution in [0, 0.1) is 18.7 Å². The van der Waals surface area contributed by atoms with E-state index in [1.165, 1.54) is 18.2 Å². The highest BCUT2D eigenvalue weighted by atomic mass is 19.1. The van der Waals surface area contributed by atoms with Crippen molar-refractivity contribution in [2.24, 2.45) is 5.92 Å². The van der Waals surface area contributed by atoms with E-state index < -0.39 is 11.9 Å². The molecule has 0 bridgehead atoms. The number of aryl methyl sites for hydroxylation is 1. The predicted octanol–water partition coefficient (Wildman–Crippen LogP) is 3.06. The molecule has 2 N–H and O–H groups in total. The number of likely N-dealkylation sites (tertiary alicyclic amines) is 1. The van der Waals surface area contributed by atoms with Crippen LogP contribution < -0.4 is 10.6 Å². The minimum absolute atomic E-state index is 0.0836. The van der Waals surface area contributed by atoms with Crippen LogP contribution in [0.5, 0.6) is 0 Å². The van der Waals surface area contributed by atoms with Crippen LogP contribution in [0.4, 0.5) is 4.39 Å². The average molecular weight is 438 g/mol. The summed E-state index contributed by atoms with van der Waals surface area (Å²) in [5, 5.41) is 5.94. The molecule has 0 unspecified atom stereocenters. The van der Waals surface area contributed by atoms with Crippen molar-refractivity contribution in [2.45, 2.75) is 44.7 Å². The molecule has 1 saturated carbocycles. The molecule has 0 radical (unpaired) electrons. The van der Waals surface area contributed by atoms with Crippen molar-refractivity contribution in [3.05, 3.63) is 71.0 Å². The van der Waals surface area contributed by atoms with Gasteiger partial charge < -0.3 is 15.5 Å². The SMILES string of the molecule is Cc1ccc(C(=O)N[C@H](C(=O)NC2CC2)C2CCN(C(=O)c3cccc(F)c3)CC2)cc1. The van der Waals surface area contributed by atoms with Gasteiger partial charge in [0, 0.05) is 30.3 Å². The molecule has 1 heterocycles. The van der Waals surface area contributed by atoms with Gasteiger partial charge in [0.05, 0.1) is 0 Å². The van der Waals surface area contributed by atoms with E-state index in [1.54, 1.807) is 23.1 Å². The Bertz CT molecular complexity index is 996. The van der Waals surface area contributed by atoms with Gasteiger partial charge in [0.15, 0.2) is 0 Å². The zero-order chi connectivity index (χ0) is 22.7. The Labute approximate surface area is 187 Å². The molecule has 1 atom stereocenters. The molecule has 1 saturated heterocycles. The summed E-state index contributed by atoms with van der Waals surface area (Å²) in [6.45, 7) is 2.85. The second kappa shape index (κ2) is 9.51. The quantitative estimate of drug-likeness (QED) is 0.729. The maximum absolute atomic E-state index is 13.5. The van der Waals surface area contributed by atoms with Crippen LogP contribution in [0.3, 0.4) is 0 Å². The number of nitrogens with zero attached hydrogens (tertiary/aromatic N) is 1. The lowest BCUT2D eigenvalue weighted by Crippen LogP contribution is -2.54. The van der Waals surface area contributed by atoms with Crippen molar-refractivity contribution < 1.29 is 18.8 Å². The Morgan fingerprint density at radius 2 is 1.66 bits per heavy atom. The lowest BCUT2D eigenvalue weighted by molar-refractivity contribution is -0.124. The van der Waals surface area contributed by atoms with Gasteiger partial charge in [-0.1, -0.05) is 23.8 Å². The molecule has 2 fully saturated rings. The summed E-state index contributed by atoms with van der Waals surface area (Å²) >= 11 is 0. The maximum atomic E-state index is 13.5. The standard InChI is InChI=1S/C25H28FN3O3/c1-16-5-7-18(8-6-16)23(30)28-22(24(31)27-21-9-10-21)17-11-13-29(14-12-17)25(32)19-3-2-4-20(26)15-19/h2-8,15,17,21-22H,9-14H2,1H3,(H,27,31)(H,28,30)/t22-/m0/s1. The number of rotatable bonds is 6. The van der Waals surface area contributed by atoms with Gasteiger partial charge >= 0.3 is 0 Å². The van der Waals surface area contributed by atoms with Gasteiger partial charge in [-0.2, -0.15) is 0 Å². The summed E-state index contributed by atoms with van der Waals surface area (Å²) in [4.78, 5) is 40.2. The predicted molar refractivity (Wildman–Crippen MR) is 119 cm³/mol. The number of halogens is 1. The largest absolute Gasteiger partial charge is 0.352 e. The molecular weight excluding hydrogens is 409 g/mol. The smallest absolute Gasteiger partial charge is 0.253 e. The van der Waals surface area contributed by atoms with Gasteiger partial charge in [-0.05, 0) is 68.9 Å². The fourth-order valence-corrected chi connectivity index (χ4v) is 4.09.